The minimum atomic E-state index is -1.87. The summed E-state index contributed by atoms with van der Waals surface area (Å²) in [4.78, 5) is 63.2. The molecule has 3 saturated carbocycles. The molecule has 14 unspecified atom stereocenters. The van der Waals surface area contributed by atoms with Gasteiger partial charge in [0.1, 0.15) is 47.5 Å². The quantitative estimate of drug-likeness (QED) is 0.142. The molecule has 0 radical (unpaired) electrons. The molecule has 3 saturated heterocycles. The highest BCUT2D eigenvalue weighted by atomic mass is 16.8. The Hall–Kier alpha value is -3.15. The van der Waals surface area contributed by atoms with E-state index in [-0.39, 0.29) is 37.6 Å². The highest BCUT2D eigenvalue weighted by Gasteiger charge is 2.80. The predicted molar refractivity (Wildman–Crippen MR) is 246 cm³/mol. The lowest BCUT2D eigenvalue weighted by Crippen LogP contribution is -2.80. The standard InChI is InChI=1S/C51H78O20/c1-24(52)34-17-20-51(58)49(34,11)45(67-31(8)56)43(66-30(7)55)44-47(9)18-16-33(21-32(47)15-19-50(44,51)57)71-48(10)23-36(60-13)39(27(4)70-48)68-37-22-35(59-12)38(25(2)62-37)69-46-42(65-29(6)54)41(61-14)40(26(3)63-46)64-28(5)53/h15,25-27,33-46,57-58H,16-23H2,1-14H3/t25?,26?,27?,33-,34-,35?,36?,37?,38?,39?,40?,41?,42?,43-,44?,45+,46?,47-,48?,49-,50-,51+/m0/s1. The van der Waals surface area contributed by atoms with Gasteiger partial charge in [0.15, 0.2) is 30.6 Å². The van der Waals surface area contributed by atoms with E-state index in [9.17, 15) is 34.2 Å². The minimum Gasteiger partial charge on any atom is -0.458 e. The van der Waals surface area contributed by atoms with Crippen molar-refractivity contribution in [3.05, 3.63) is 11.6 Å². The van der Waals surface area contributed by atoms with Gasteiger partial charge < -0.3 is 71.8 Å². The molecule has 0 aromatic rings. The highest BCUT2D eigenvalue weighted by molar-refractivity contribution is 5.80. The summed E-state index contributed by atoms with van der Waals surface area (Å²) in [6, 6.07) is 0. The average Bonchev–Trinajstić information content (AvgIpc) is 3.57. The fourth-order valence-electron chi connectivity index (χ4n) is 14.1. The van der Waals surface area contributed by atoms with Crippen LogP contribution in [0, 0.1) is 22.7 Å². The van der Waals surface area contributed by atoms with Crippen LogP contribution in [0.3, 0.4) is 0 Å². The van der Waals surface area contributed by atoms with Crippen molar-refractivity contribution in [1.82, 2.24) is 0 Å². The van der Waals surface area contributed by atoms with Crippen molar-refractivity contribution < 1.29 is 95.8 Å². The first kappa shape index (κ1) is 55.6. The molecule has 0 aromatic carbocycles. The largest absolute Gasteiger partial charge is 0.458 e. The number of ether oxygens (including phenoxy) is 13. The maximum Gasteiger partial charge on any atom is 0.303 e. The lowest BCUT2D eigenvalue weighted by Gasteiger charge is -2.68. The molecule has 3 aliphatic heterocycles. The van der Waals surface area contributed by atoms with Gasteiger partial charge in [-0.05, 0) is 78.6 Å². The highest BCUT2D eigenvalue weighted by Crippen LogP contribution is 2.70. The number of carbonyl (C=O) groups excluding carboxylic acids is 5. The van der Waals surface area contributed by atoms with E-state index in [1.165, 1.54) is 41.7 Å². The lowest BCUT2D eigenvalue weighted by molar-refractivity contribution is -0.364. The zero-order chi connectivity index (χ0) is 52.3. The molecule has 4 aliphatic carbocycles. The van der Waals surface area contributed by atoms with Crippen molar-refractivity contribution in [2.24, 2.45) is 22.7 Å². The van der Waals surface area contributed by atoms with Crippen LogP contribution in [-0.4, -0.2) is 170 Å². The molecule has 71 heavy (non-hydrogen) atoms. The molecular formula is C51H78O20. The third-order valence-corrected chi connectivity index (χ3v) is 17.1. The van der Waals surface area contributed by atoms with Gasteiger partial charge in [-0.25, -0.2) is 0 Å². The van der Waals surface area contributed by atoms with Crippen molar-refractivity contribution in [2.45, 2.75) is 236 Å². The summed E-state index contributed by atoms with van der Waals surface area (Å²) < 4.78 is 80.3. The average molecular weight is 1010 g/mol. The van der Waals surface area contributed by atoms with E-state index in [0.29, 0.717) is 25.7 Å². The van der Waals surface area contributed by atoms with Crippen molar-refractivity contribution in [1.29, 1.82) is 0 Å². The Balaban J connectivity index is 1.04. The third kappa shape index (κ3) is 9.98. The fourth-order valence-corrected chi connectivity index (χ4v) is 14.1. The number of fused-ring (bicyclic) bond motifs is 5. The number of esters is 4. The topological polar surface area (TPSA) is 246 Å². The molecule has 7 aliphatic rings. The molecule has 402 valence electrons. The molecule has 22 atom stereocenters. The van der Waals surface area contributed by atoms with Crippen LogP contribution in [-0.2, 0) is 85.6 Å². The van der Waals surface area contributed by atoms with Gasteiger partial charge in [0.25, 0.3) is 0 Å². The molecule has 20 heteroatoms. The Morgan fingerprint density at radius 2 is 1.25 bits per heavy atom. The van der Waals surface area contributed by atoms with E-state index in [1.54, 1.807) is 28.1 Å². The number of rotatable bonds is 14. The SMILES string of the molecule is COC1CC(C)(O[C@H]2CC[C@@]3(C)C(=CC[C@]4(O)C3[C@H](OC(C)=O)[C@@H](OC(C)=O)[C@]3(C)[C@H](C(C)=O)CC[C@@]34O)C2)OC(C)C1OC1CC(OC)C(OC2OC(C)C(OC(C)=O)C(OC)C2OC(C)=O)C(C)O1. The van der Waals surface area contributed by atoms with Gasteiger partial charge in [-0.2, -0.15) is 0 Å². The minimum absolute atomic E-state index is 0.0134. The molecule has 0 amide bonds. The van der Waals surface area contributed by atoms with Gasteiger partial charge in [0.05, 0.1) is 36.6 Å². The zero-order valence-corrected chi connectivity index (χ0v) is 43.8. The van der Waals surface area contributed by atoms with Crippen LogP contribution in [0.4, 0.5) is 0 Å². The van der Waals surface area contributed by atoms with Gasteiger partial charge in [0, 0.05) is 79.1 Å². The summed E-state index contributed by atoms with van der Waals surface area (Å²) in [6.45, 7) is 17.4. The number of carbonyl (C=O) groups is 5. The first-order valence-electron chi connectivity index (χ1n) is 25.1. The summed E-state index contributed by atoms with van der Waals surface area (Å²) in [7, 11) is 4.58. The van der Waals surface area contributed by atoms with E-state index in [4.69, 9.17) is 61.6 Å². The van der Waals surface area contributed by atoms with E-state index in [2.05, 4.69) is 0 Å². The van der Waals surface area contributed by atoms with E-state index in [0.717, 1.165) is 5.57 Å². The molecule has 20 nitrogen and oxygen atoms in total. The van der Waals surface area contributed by atoms with Gasteiger partial charge >= 0.3 is 23.9 Å². The first-order chi connectivity index (χ1) is 33.2. The Kier molecular flexibility index (Phi) is 16.3. The Morgan fingerprint density at radius 1 is 0.662 bits per heavy atom. The van der Waals surface area contributed by atoms with Crippen LogP contribution < -0.4 is 0 Å². The molecular weight excluding hydrogens is 933 g/mol. The number of Topliss-reactive ketones (excluding diaryl/α,β-unsaturated/α-hetero) is 1. The lowest BCUT2D eigenvalue weighted by atomic mass is 9.42. The van der Waals surface area contributed by atoms with Crippen LogP contribution in [0.25, 0.3) is 0 Å². The maximum absolute atomic E-state index is 13.2. The van der Waals surface area contributed by atoms with Crippen LogP contribution in [0.15, 0.2) is 11.6 Å². The zero-order valence-electron chi connectivity index (χ0n) is 43.8. The van der Waals surface area contributed by atoms with Crippen molar-refractivity contribution in [3.63, 3.8) is 0 Å². The number of ketones is 1. The van der Waals surface area contributed by atoms with Crippen LogP contribution >= 0.6 is 0 Å². The van der Waals surface area contributed by atoms with Crippen LogP contribution in [0.1, 0.15) is 128 Å². The molecule has 6 fully saturated rings. The van der Waals surface area contributed by atoms with Gasteiger partial charge in [-0.3, -0.25) is 24.0 Å². The van der Waals surface area contributed by atoms with Gasteiger partial charge in [-0.1, -0.05) is 25.5 Å². The van der Waals surface area contributed by atoms with Gasteiger partial charge in [0.2, 0.25) is 0 Å². The van der Waals surface area contributed by atoms with Gasteiger partial charge in [-0.15, -0.1) is 0 Å². The normalized spacial score (nSPS) is 47.4. The summed E-state index contributed by atoms with van der Waals surface area (Å²) in [6.07, 6.45) is -7.48. The maximum atomic E-state index is 13.2. The van der Waals surface area contributed by atoms with Crippen molar-refractivity contribution >= 4 is 29.7 Å². The van der Waals surface area contributed by atoms with E-state index >= 15 is 0 Å². The number of hydrogen-bond donors (Lipinski definition) is 2. The summed E-state index contributed by atoms with van der Waals surface area (Å²) in [5.74, 6) is -5.45. The second-order valence-corrected chi connectivity index (χ2v) is 21.7. The van der Waals surface area contributed by atoms with Crippen LogP contribution in [0.5, 0.6) is 0 Å². The monoisotopic (exact) mass is 1010 g/mol. The molecule has 0 aromatic heterocycles. The molecule has 2 N–H and O–H groups in total. The first-order valence-corrected chi connectivity index (χ1v) is 25.1. The summed E-state index contributed by atoms with van der Waals surface area (Å²) in [5, 5.41) is 26.0. The second-order valence-electron chi connectivity index (χ2n) is 21.7. The molecule has 3 heterocycles. The Bertz CT molecular complexity index is 2030. The number of aliphatic hydroxyl groups is 2. The van der Waals surface area contributed by atoms with Crippen molar-refractivity contribution in [3.8, 4) is 0 Å². The van der Waals surface area contributed by atoms with Crippen LogP contribution in [0.2, 0.25) is 0 Å². The second kappa shape index (κ2) is 20.9. The Morgan fingerprint density at radius 3 is 1.85 bits per heavy atom. The van der Waals surface area contributed by atoms with E-state index in [1.807, 2.05) is 33.8 Å². The van der Waals surface area contributed by atoms with Crippen molar-refractivity contribution in [2.75, 3.05) is 21.3 Å². The number of hydrogen-bond acceptors (Lipinski definition) is 20. The smallest absolute Gasteiger partial charge is 0.303 e. The number of methoxy groups -OCH3 is 3. The summed E-state index contributed by atoms with van der Waals surface area (Å²) >= 11 is 0. The molecule has 7 rings (SSSR count). The van der Waals surface area contributed by atoms with E-state index < -0.39 is 149 Å². The third-order valence-electron chi connectivity index (χ3n) is 17.1. The molecule has 0 spiro atoms. The summed E-state index contributed by atoms with van der Waals surface area (Å²) in [5.41, 5.74) is -5.07. The molecule has 0 bridgehead atoms. The fraction of sp³-hybridized carbons (Fsp3) is 0.863. The Labute approximate surface area is 416 Å². The predicted octanol–water partition coefficient (Wildman–Crippen LogP) is 3.94.